The summed E-state index contributed by atoms with van der Waals surface area (Å²) in [6.45, 7) is 0. The zero-order valence-electron chi connectivity index (χ0n) is 22.9. The van der Waals surface area contributed by atoms with Crippen LogP contribution in [0.1, 0.15) is 48.1 Å². The van der Waals surface area contributed by atoms with Crippen LogP contribution in [0.5, 0.6) is 11.5 Å². The van der Waals surface area contributed by atoms with Crippen LogP contribution in [0.25, 0.3) is 6.08 Å². The first-order chi connectivity index (χ1) is 20.4. The first-order valence-electron chi connectivity index (χ1n) is 13.7. The highest BCUT2D eigenvalue weighted by Gasteiger charge is 2.71. The molecule has 0 bridgehead atoms. The Labute approximate surface area is 242 Å². The van der Waals surface area contributed by atoms with Gasteiger partial charge in [-0.3, -0.25) is 14.4 Å². The molecular formula is C35H26FNO5. The average Bonchev–Trinajstić information content (AvgIpc) is 3.46. The second-order valence-corrected chi connectivity index (χ2v) is 10.8. The van der Waals surface area contributed by atoms with Crippen molar-refractivity contribution in [3.63, 3.8) is 0 Å². The summed E-state index contributed by atoms with van der Waals surface area (Å²) in [5, 5.41) is 0. The molecule has 0 amide bonds. The summed E-state index contributed by atoms with van der Waals surface area (Å²) >= 11 is 0. The summed E-state index contributed by atoms with van der Waals surface area (Å²) in [6, 6.07) is 23.5. The molecular weight excluding hydrogens is 533 g/mol. The summed E-state index contributed by atoms with van der Waals surface area (Å²) in [5.74, 6) is -1.37. The zero-order chi connectivity index (χ0) is 29.2. The van der Waals surface area contributed by atoms with Crippen molar-refractivity contribution in [2.45, 2.75) is 18.0 Å². The lowest BCUT2D eigenvalue weighted by Gasteiger charge is -2.37. The molecule has 0 unspecified atom stereocenters. The number of methoxy groups -OCH3 is 2. The van der Waals surface area contributed by atoms with Crippen molar-refractivity contribution in [3.8, 4) is 11.5 Å². The molecule has 208 valence electrons. The molecule has 4 aromatic rings. The molecule has 1 saturated heterocycles. The van der Waals surface area contributed by atoms with E-state index in [-0.39, 0.29) is 17.3 Å². The molecule has 7 rings (SSSR count). The van der Waals surface area contributed by atoms with Crippen molar-refractivity contribution in [1.82, 2.24) is 0 Å². The molecule has 4 aromatic carbocycles. The summed E-state index contributed by atoms with van der Waals surface area (Å²) in [4.78, 5) is 45.9. The summed E-state index contributed by atoms with van der Waals surface area (Å²) in [6.07, 6.45) is 3.52. The molecule has 1 aliphatic carbocycles. The fourth-order valence-electron chi connectivity index (χ4n) is 7.14. The number of ether oxygens (including phenoxy) is 2. The van der Waals surface area contributed by atoms with E-state index in [0.29, 0.717) is 45.0 Å². The predicted molar refractivity (Wildman–Crippen MR) is 156 cm³/mol. The number of carbonyl (C=O) groups is 3. The fraction of sp³-hybridized carbons (Fsp3) is 0.171. The molecule has 6 nitrogen and oxygen atoms in total. The van der Waals surface area contributed by atoms with Gasteiger partial charge >= 0.3 is 0 Å². The van der Waals surface area contributed by atoms with Gasteiger partial charge in [-0.2, -0.15) is 0 Å². The third-order valence-corrected chi connectivity index (χ3v) is 8.86. The molecule has 0 N–H and O–H groups in total. The quantitative estimate of drug-likeness (QED) is 0.216. The van der Waals surface area contributed by atoms with Crippen LogP contribution in [0.15, 0.2) is 97.1 Å². The molecule has 1 fully saturated rings. The Morgan fingerprint density at radius 1 is 0.810 bits per heavy atom. The number of rotatable bonds is 5. The van der Waals surface area contributed by atoms with E-state index in [1.165, 1.54) is 26.4 Å². The number of anilines is 1. The van der Waals surface area contributed by atoms with Gasteiger partial charge in [-0.25, -0.2) is 4.39 Å². The molecule has 0 saturated carbocycles. The van der Waals surface area contributed by atoms with E-state index in [9.17, 15) is 18.8 Å². The van der Waals surface area contributed by atoms with Crippen LogP contribution in [-0.4, -0.2) is 43.7 Å². The van der Waals surface area contributed by atoms with E-state index in [2.05, 4.69) is 0 Å². The SMILES string of the molecule is COc1ccc([C@@H]2[C@@H](C(=O)c3ccccc3)N3c4ccc(F)cc4C=C[C@@H]3C23C(=O)c2ccccc2C3=O)cc1OC. The van der Waals surface area contributed by atoms with E-state index in [1.807, 2.05) is 11.0 Å². The Balaban J connectivity index is 1.56. The van der Waals surface area contributed by atoms with Crippen molar-refractivity contribution in [2.75, 3.05) is 19.1 Å². The maximum absolute atomic E-state index is 14.7. The Kier molecular flexibility index (Phi) is 5.87. The third-order valence-electron chi connectivity index (χ3n) is 8.86. The summed E-state index contributed by atoms with van der Waals surface area (Å²) in [5.41, 5.74) is 1.17. The zero-order valence-corrected chi connectivity index (χ0v) is 22.9. The minimum Gasteiger partial charge on any atom is -0.493 e. The number of ketones is 3. The smallest absolute Gasteiger partial charge is 0.185 e. The third kappa shape index (κ3) is 3.40. The number of nitrogens with zero attached hydrogens (tertiary/aromatic N) is 1. The van der Waals surface area contributed by atoms with E-state index in [0.717, 1.165) is 0 Å². The predicted octanol–water partition coefficient (Wildman–Crippen LogP) is 6.16. The number of fused-ring (bicyclic) bond motifs is 5. The minimum absolute atomic E-state index is 0.251. The Hall–Kier alpha value is -5.04. The number of Topliss-reactive ketones (excluding diaryl/α,β-unsaturated/α-hetero) is 3. The fourth-order valence-corrected chi connectivity index (χ4v) is 7.14. The van der Waals surface area contributed by atoms with Crippen molar-refractivity contribution in [1.29, 1.82) is 0 Å². The average molecular weight is 560 g/mol. The Morgan fingerprint density at radius 2 is 1.48 bits per heavy atom. The Bertz CT molecular complexity index is 1780. The minimum atomic E-state index is -1.67. The van der Waals surface area contributed by atoms with Gasteiger partial charge in [0.25, 0.3) is 0 Å². The normalized spacial score (nSPS) is 21.2. The van der Waals surface area contributed by atoms with Gasteiger partial charge in [-0.05, 0) is 35.9 Å². The van der Waals surface area contributed by atoms with Crippen LogP contribution < -0.4 is 14.4 Å². The van der Waals surface area contributed by atoms with Gasteiger partial charge in [-0.1, -0.05) is 72.8 Å². The van der Waals surface area contributed by atoms with E-state index >= 15 is 0 Å². The molecule has 3 atom stereocenters. The van der Waals surface area contributed by atoms with Gasteiger partial charge in [0.05, 0.1) is 20.3 Å². The van der Waals surface area contributed by atoms with Crippen LogP contribution >= 0.6 is 0 Å². The summed E-state index contributed by atoms with van der Waals surface area (Å²) in [7, 11) is 3.04. The van der Waals surface area contributed by atoms with Crippen LogP contribution in [0.3, 0.4) is 0 Å². The van der Waals surface area contributed by atoms with Crippen molar-refractivity contribution >= 4 is 29.1 Å². The van der Waals surface area contributed by atoms with E-state index in [4.69, 9.17) is 9.47 Å². The van der Waals surface area contributed by atoms with Crippen molar-refractivity contribution < 1.29 is 28.2 Å². The lowest BCUT2D eigenvalue weighted by atomic mass is 9.64. The molecule has 0 radical (unpaired) electrons. The summed E-state index contributed by atoms with van der Waals surface area (Å²) < 4.78 is 25.5. The molecule has 7 heteroatoms. The van der Waals surface area contributed by atoms with Crippen LogP contribution in [0.4, 0.5) is 10.1 Å². The number of hydrogen-bond acceptors (Lipinski definition) is 6. The highest BCUT2D eigenvalue weighted by Crippen LogP contribution is 2.61. The van der Waals surface area contributed by atoms with Crippen LogP contribution in [-0.2, 0) is 0 Å². The van der Waals surface area contributed by atoms with Gasteiger partial charge in [0.15, 0.2) is 28.8 Å². The van der Waals surface area contributed by atoms with Crippen LogP contribution in [0, 0.1) is 11.2 Å². The first-order valence-corrected chi connectivity index (χ1v) is 13.7. The monoisotopic (exact) mass is 559 g/mol. The molecule has 1 spiro atoms. The number of benzene rings is 4. The Morgan fingerprint density at radius 3 is 2.14 bits per heavy atom. The van der Waals surface area contributed by atoms with Gasteiger partial charge in [0.2, 0.25) is 0 Å². The van der Waals surface area contributed by atoms with Gasteiger partial charge in [-0.15, -0.1) is 0 Å². The van der Waals surface area contributed by atoms with Crippen molar-refractivity contribution in [3.05, 3.63) is 131 Å². The highest BCUT2D eigenvalue weighted by atomic mass is 19.1. The van der Waals surface area contributed by atoms with E-state index in [1.54, 1.807) is 84.9 Å². The second kappa shape index (κ2) is 9.52. The topological polar surface area (TPSA) is 72.9 Å². The standard InChI is InChI=1S/C35H26FNO5/c1-41-27-16-12-22(19-28(27)42-2)30-31(32(38)20-8-4-3-5-9-20)37-26-15-14-23(36)18-21(26)13-17-29(37)35(30)33(39)24-10-6-7-11-25(24)34(35)40/h3-19,29-31H,1-2H3/t29-,30-,31+/m1/s1. The largest absolute Gasteiger partial charge is 0.493 e. The number of halogens is 1. The molecule has 42 heavy (non-hydrogen) atoms. The molecule has 2 aliphatic heterocycles. The lowest BCUT2D eigenvalue weighted by Crippen LogP contribution is -2.48. The molecule has 3 aliphatic rings. The van der Waals surface area contributed by atoms with Crippen LogP contribution in [0.2, 0.25) is 0 Å². The van der Waals surface area contributed by atoms with E-state index < -0.39 is 29.2 Å². The highest BCUT2D eigenvalue weighted by molar-refractivity contribution is 6.32. The van der Waals surface area contributed by atoms with Gasteiger partial charge < -0.3 is 14.4 Å². The van der Waals surface area contributed by atoms with Gasteiger partial charge in [0.1, 0.15) is 17.3 Å². The first kappa shape index (κ1) is 25.9. The lowest BCUT2D eigenvalue weighted by molar-refractivity contribution is 0.0665. The molecule has 2 heterocycles. The maximum Gasteiger partial charge on any atom is 0.185 e. The van der Waals surface area contributed by atoms with Gasteiger partial charge in [0, 0.05) is 33.9 Å². The number of hydrogen-bond donors (Lipinski definition) is 0. The molecule has 0 aromatic heterocycles. The van der Waals surface area contributed by atoms with Crippen molar-refractivity contribution in [2.24, 2.45) is 5.41 Å². The second-order valence-electron chi connectivity index (χ2n) is 10.8. The maximum atomic E-state index is 14.7. The number of carbonyl (C=O) groups excluding carboxylic acids is 3.